The summed E-state index contributed by atoms with van der Waals surface area (Å²) in [5, 5.41) is 9.24. The van der Waals surface area contributed by atoms with E-state index in [0.29, 0.717) is 6.54 Å². The lowest BCUT2D eigenvalue weighted by molar-refractivity contribution is 0.228. The fraction of sp³-hybridized carbons (Fsp3) is 0.421. The number of fused-ring (bicyclic) bond motifs is 1. The Bertz CT molecular complexity index is 915. The molecule has 0 bridgehead atoms. The lowest BCUT2D eigenvalue weighted by Gasteiger charge is -2.35. The molecule has 3 heterocycles. The van der Waals surface area contributed by atoms with Gasteiger partial charge in [-0.2, -0.15) is 0 Å². The Morgan fingerprint density at radius 3 is 2.69 bits per heavy atom. The minimum absolute atomic E-state index is 0.00979. The molecule has 1 aromatic carbocycles. The number of aliphatic hydroxyl groups excluding tert-OH is 1. The maximum Gasteiger partial charge on any atom is 0.209 e. The SMILES string of the molecule is Cc1ncnc(N2CCN(Cc3nc4ccc(CO)cc4o3)CC2)c1C. The van der Waals surface area contributed by atoms with E-state index in [1.807, 2.05) is 25.1 Å². The lowest BCUT2D eigenvalue weighted by atomic mass is 10.2. The monoisotopic (exact) mass is 353 g/mol. The van der Waals surface area contributed by atoms with Gasteiger partial charge in [-0.25, -0.2) is 15.0 Å². The molecule has 1 aliphatic heterocycles. The standard InChI is InChI=1S/C19H23N5O2/c1-13-14(2)20-12-21-19(13)24-7-5-23(6-8-24)10-18-22-16-4-3-15(11-25)9-17(16)26-18/h3-4,9,12,25H,5-8,10-11H2,1-2H3. The number of hydrogen-bond acceptors (Lipinski definition) is 7. The fourth-order valence-corrected chi connectivity index (χ4v) is 3.34. The molecule has 1 N–H and O–H groups in total. The van der Waals surface area contributed by atoms with Gasteiger partial charge in [0, 0.05) is 37.4 Å². The van der Waals surface area contributed by atoms with Crippen molar-refractivity contribution in [3.05, 3.63) is 47.2 Å². The van der Waals surface area contributed by atoms with Gasteiger partial charge in [0.05, 0.1) is 13.2 Å². The maximum absolute atomic E-state index is 9.24. The van der Waals surface area contributed by atoms with Gasteiger partial charge >= 0.3 is 0 Å². The summed E-state index contributed by atoms with van der Waals surface area (Å²) in [6.07, 6.45) is 1.64. The van der Waals surface area contributed by atoms with Gasteiger partial charge in [0.2, 0.25) is 5.89 Å². The van der Waals surface area contributed by atoms with E-state index in [4.69, 9.17) is 4.42 Å². The van der Waals surface area contributed by atoms with Gasteiger partial charge in [0.1, 0.15) is 17.7 Å². The number of anilines is 1. The van der Waals surface area contributed by atoms with Crippen molar-refractivity contribution < 1.29 is 9.52 Å². The Hall–Kier alpha value is -2.51. The Balaban J connectivity index is 1.41. The molecule has 1 fully saturated rings. The van der Waals surface area contributed by atoms with Gasteiger partial charge in [-0.05, 0) is 31.5 Å². The highest BCUT2D eigenvalue weighted by molar-refractivity contribution is 5.73. The third kappa shape index (κ3) is 3.27. The highest BCUT2D eigenvalue weighted by atomic mass is 16.3. The minimum atomic E-state index is 0.00979. The Kier molecular flexibility index (Phi) is 4.57. The summed E-state index contributed by atoms with van der Waals surface area (Å²) < 4.78 is 5.86. The Morgan fingerprint density at radius 2 is 1.92 bits per heavy atom. The van der Waals surface area contributed by atoms with E-state index in [9.17, 15) is 5.11 Å². The van der Waals surface area contributed by atoms with E-state index < -0.39 is 0 Å². The van der Waals surface area contributed by atoms with Crippen LogP contribution >= 0.6 is 0 Å². The highest BCUT2D eigenvalue weighted by Crippen LogP contribution is 2.22. The number of aryl methyl sites for hydroxylation is 1. The van der Waals surface area contributed by atoms with Gasteiger partial charge in [0.15, 0.2) is 5.58 Å². The van der Waals surface area contributed by atoms with Crippen molar-refractivity contribution in [2.24, 2.45) is 0 Å². The molecule has 1 aliphatic rings. The van der Waals surface area contributed by atoms with Crippen molar-refractivity contribution in [1.82, 2.24) is 19.9 Å². The van der Waals surface area contributed by atoms with Crippen LogP contribution in [-0.4, -0.2) is 51.1 Å². The van der Waals surface area contributed by atoms with Crippen molar-refractivity contribution in [1.29, 1.82) is 0 Å². The predicted molar refractivity (Wildman–Crippen MR) is 98.9 cm³/mol. The molecule has 3 aromatic rings. The molecule has 4 rings (SSSR count). The molecule has 2 aromatic heterocycles. The number of rotatable bonds is 4. The van der Waals surface area contributed by atoms with Crippen LogP contribution in [0.5, 0.6) is 0 Å². The lowest BCUT2D eigenvalue weighted by Crippen LogP contribution is -2.46. The number of benzene rings is 1. The molecule has 26 heavy (non-hydrogen) atoms. The summed E-state index contributed by atoms with van der Waals surface area (Å²) in [6, 6.07) is 5.62. The zero-order valence-corrected chi connectivity index (χ0v) is 15.1. The average molecular weight is 353 g/mol. The molecule has 0 aliphatic carbocycles. The van der Waals surface area contributed by atoms with Crippen LogP contribution < -0.4 is 4.90 Å². The van der Waals surface area contributed by atoms with E-state index in [0.717, 1.165) is 65.8 Å². The molecule has 0 radical (unpaired) electrons. The largest absolute Gasteiger partial charge is 0.439 e. The van der Waals surface area contributed by atoms with Crippen LogP contribution in [0, 0.1) is 13.8 Å². The number of hydrogen-bond donors (Lipinski definition) is 1. The van der Waals surface area contributed by atoms with Gasteiger partial charge < -0.3 is 14.4 Å². The van der Waals surface area contributed by atoms with Crippen LogP contribution in [0.3, 0.4) is 0 Å². The van der Waals surface area contributed by atoms with E-state index >= 15 is 0 Å². The third-order valence-electron chi connectivity index (χ3n) is 5.02. The van der Waals surface area contributed by atoms with Crippen LogP contribution in [0.15, 0.2) is 28.9 Å². The van der Waals surface area contributed by atoms with Crippen LogP contribution in [-0.2, 0) is 13.2 Å². The molecular weight excluding hydrogens is 330 g/mol. The number of piperazine rings is 1. The summed E-state index contributed by atoms with van der Waals surface area (Å²) in [5.74, 6) is 1.76. The quantitative estimate of drug-likeness (QED) is 0.769. The van der Waals surface area contributed by atoms with Gasteiger partial charge in [-0.15, -0.1) is 0 Å². The normalized spacial score (nSPS) is 15.7. The molecule has 7 nitrogen and oxygen atoms in total. The van der Waals surface area contributed by atoms with Crippen molar-refractivity contribution in [2.45, 2.75) is 27.0 Å². The second-order valence-electron chi connectivity index (χ2n) is 6.74. The summed E-state index contributed by atoms with van der Waals surface area (Å²) in [7, 11) is 0. The first kappa shape index (κ1) is 16.9. The highest BCUT2D eigenvalue weighted by Gasteiger charge is 2.21. The van der Waals surface area contributed by atoms with Crippen LogP contribution in [0.25, 0.3) is 11.1 Å². The molecule has 1 saturated heterocycles. The molecule has 0 unspecified atom stereocenters. The van der Waals surface area contributed by atoms with Gasteiger partial charge in [-0.3, -0.25) is 4.90 Å². The van der Waals surface area contributed by atoms with Crippen LogP contribution in [0.2, 0.25) is 0 Å². The number of aliphatic hydroxyl groups is 1. The van der Waals surface area contributed by atoms with Crippen molar-refractivity contribution in [3.63, 3.8) is 0 Å². The molecule has 0 amide bonds. The fourth-order valence-electron chi connectivity index (χ4n) is 3.34. The Morgan fingerprint density at radius 1 is 1.12 bits per heavy atom. The average Bonchev–Trinajstić information content (AvgIpc) is 3.06. The van der Waals surface area contributed by atoms with Gasteiger partial charge in [0.25, 0.3) is 0 Å². The smallest absolute Gasteiger partial charge is 0.209 e. The zero-order valence-electron chi connectivity index (χ0n) is 15.1. The summed E-state index contributed by atoms with van der Waals surface area (Å²) in [6.45, 7) is 8.52. The molecule has 136 valence electrons. The summed E-state index contributed by atoms with van der Waals surface area (Å²) >= 11 is 0. The predicted octanol–water partition coefficient (Wildman–Crippen LogP) is 2.05. The van der Waals surface area contributed by atoms with Crippen molar-refractivity contribution in [2.75, 3.05) is 31.1 Å². The van der Waals surface area contributed by atoms with E-state index in [1.54, 1.807) is 6.33 Å². The summed E-state index contributed by atoms with van der Waals surface area (Å²) in [4.78, 5) is 17.9. The first-order valence-electron chi connectivity index (χ1n) is 8.89. The molecule has 0 spiro atoms. The molecule has 0 atom stereocenters. The topological polar surface area (TPSA) is 78.5 Å². The number of oxazole rings is 1. The maximum atomic E-state index is 9.24. The number of nitrogens with zero attached hydrogens (tertiary/aromatic N) is 5. The third-order valence-corrected chi connectivity index (χ3v) is 5.02. The van der Waals surface area contributed by atoms with Crippen molar-refractivity contribution >= 4 is 16.9 Å². The van der Waals surface area contributed by atoms with Crippen molar-refractivity contribution in [3.8, 4) is 0 Å². The minimum Gasteiger partial charge on any atom is -0.439 e. The molecular formula is C19H23N5O2. The van der Waals surface area contributed by atoms with E-state index in [1.165, 1.54) is 0 Å². The van der Waals surface area contributed by atoms with Crippen LogP contribution in [0.1, 0.15) is 22.7 Å². The van der Waals surface area contributed by atoms with E-state index in [2.05, 4.69) is 31.7 Å². The second-order valence-corrected chi connectivity index (χ2v) is 6.74. The zero-order chi connectivity index (χ0) is 18.1. The first-order chi connectivity index (χ1) is 12.6. The molecule has 7 heteroatoms. The Labute approximate surface area is 152 Å². The summed E-state index contributed by atoms with van der Waals surface area (Å²) in [5.41, 5.74) is 4.59. The second kappa shape index (κ2) is 7.01. The molecule has 0 saturated carbocycles. The van der Waals surface area contributed by atoms with Gasteiger partial charge in [-0.1, -0.05) is 6.07 Å². The first-order valence-corrected chi connectivity index (χ1v) is 8.89. The number of aromatic nitrogens is 3. The van der Waals surface area contributed by atoms with E-state index in [-0.39, 0.29) is 6.61 Å². The van der Waals surface area contributed by atoms with Crippen LogP contribution in [0.4, 0.5) is 5.82 Å².